The van der Waals surface area contributed by atoms with Crippen molar-refractivity contribution in [2.24, 2.45) is 5.92 Å². The molecule has 2 unspecified atom stereocenters. The summed E-state index contributed by atoms with van der Waals surface area (Å²) in [6.45, 7) is 5.33. The van der Waals surface area contributed by atoms with Crippen molar-refractivity contribution in [2.75, 3.05) is 19.8 Å². The van der Waals surface area contributed by atoms with Gasteiger partial charge in [0.05, 0.1) is 15.9 Å². The van der Waals surface area contributed by atoms with Crippen molar-refractivity contribution in [3.8, 4) is 21.9 Å². The number of likely N-dealkylation sites (tertiary alicyclic amines) is 1. The monoisotopic (exact) mass is 495 g/mol. The molecule has 0 bridgehead atoms. The van der Waals surface area contributed by atoms with E-state index in [1.54, 1.807) is 16.7 Å². The Morgan fingerprint density at radius 3 is 2.91 bits per heavy atom. The van der Waals surface area contributed by atoms with Gasteiger partial charge in [-0.15, -0.1) is 22.7 Å². The third kappa shape index (κ3) is 3.76. The minimum absolute atomic E-state index is 0.0321. The van der Waals surface area contributed by atoms with Crippen LogP contribution in [0.1, 0.15) is 43.6 Å². The molecule has 0 spiro atoms. The standard InChI is InChI=1S/C25H25N3O4S2/c1-13-4-3-5-15(8-13)22-20(27-14(2)34-22)25(30)28-17(9-16-10-18(16)28)11-26-24(29)23-21-19(12-33-23)31-6-7-32-21/h3-5,8,12,16-18H,6-7,9-11H2,1-2H3,(H,26,29)/t16?,17?,18-/m0/s1. The lowest BCUT2D eigenvalue weighted by Crippen LogP contribution is -2.45. The number of carbonyl (C=O) groups is 2. The summed E-state index contributed by atoms with van der Waals surface area (Å²) < 4.78 is 11.2. The Balaban J connectivity index is 1.21. The second-order valence-electron chi connectivity index (χ2n) is 9.11. The maximum atomic E-state index is 13.8. The lowest BCUT2D eigenvalue weighted by atomic mass is 10.1. The number of nitrogens with zero attached hydrogens (tertiary/aromatic N) is 2. The summed E-state index contributed by atoms with van der Waals surface area (Å²) in [6.07, 6.45) is 1.93. The van der Waals surface area contributed by atoms with Crippen molar-refractivity contribution in [3.63, 3.8) is 0 Å². The molecule has 9 heteroatoms. The van der Waals surface area contributed by atoms with Gasteiger partial charge in [-0.1, -0.05) is 29.8 Å². The second kappa shape index (κ2) is 8.39. The first-order chi connectivity index (χ1) is 16.5. The summed E-state index contributed by atoms with van der Waals surface area (Å²) in [5.41, 5.74) is 2.70. The van der Waals surface area contributed by atoms with Crippen molar-refractivity contribution < 1.29 is 19.1 Å². The molecule has 1 saturated carbocycles. The molecule has 6 rings (SSSR count). The van der Waals surface area contributed by atoms with Crippen LogP contribution in [0.15, 0.2) is 29.6 Å². The average molecular weight is 496 g/mol. The second-order valence-corrected chi connectivity index (χ2v) is 11.2. The minimum Gasteiger partial charge on any atom is -0.485 e. The van der Waals surface area contributed by atoms with Crippen molar-refractivity contribution in [1.29, 1.82) is 0 Å². The summed E-state index contributed by atoms with van der Waals surface area (Å²) >= 11 is 2.88. The van der Waals surface area contributed by atoms with E-state index in [4.69, 9.17) is 9.47 Å². The van der Waals surface area contributed by atoms with Crippen molar-refractivity contribution in [2.45, 2.75) is 38.8 Å². The number of thiazole rings is 1. The van der Waals surface area contributed by atoms with Crippen molar-refractivity contribution >= 4 is 34.5 Å². The normalized spacial score (nSPS) is 22.4. The number of carbonyl (C=O) groups excluding carboxylic acids is 2. The van der Waals surface area contributed by atoms with Gasteiger partial charge in [-0.3, -0.25) is 9.59 Å². The zero-order valence-corrected chi connectivity index (χ0v) is 20.6. The van der Waals surface area contributed by atoms with Gasteiger partial charge in [0.1, 0.15) is 23.8 Å². The quantitative estimate of drug-likeness (QED) is 0.571. The van der Waals surface area contributed by atoms with Gasteiger partial charge < -0.3 is 19.7 Å². The smallest absolute Gasteiger partial charge is 0.274 e. The van der Waals surface area contributed by atoms with Crippen LogP contribution in [0.5, 0.6) is 11.5 Å². The highest BCUT2D eigenvalue weighted by Crippen LogP contribution is 2.49. The van der Waals surface area contributed by atoms with Crippen LogP contribution in [0.2, 0.25) is 0 Å². The Kier molecular flexibility index (Phi) is 5.33. The third-order valence-electron chi connectivity index (χ3n) is 6.67. The van der Waals surface area contributed by atoms with Gasteiger partial charge in [-0.2, -0.15) is 0 Å². The zero-order valence-electron chi connectivity index (χ0n) is 19.0. The molecule has 2 aliphatic heterocycles. The summed E-state index contributed by atoms with van der Waals surface area (Å²) in [4.78, 5) is 34.7. The lowest BCUT2D eigenvalue weighted by Gasteiger charge is -2.27. The number of piperidine rings is 1. The number of amides is 2. The Morgan fingerprint density at radius 1 is 1.21 bits per heavy atom. The first kappa shape index (κ1) is 21.6. The van der Waals surface area contributed by atoms with Gasteiger partial charge >= 0.3 is 0 Å². The van der Waals surface area contributed by atoms with Crippen LogP contribution < -0.4 is 14.8 Å². The molecule has 1 aromatic carbocycles. The van der Waals surface area contributed by atoms with E-state index in [9.17, 15) is 9.59 Å². The van der Waals surface area contributed by atoms with Gasteiger partial charge in [0.25, 0.3) is 11.8 Å². The summed E-state index contributed by atoms with van der Waals surface area (Å²) in [5, 5.41) is 5.72. The first-order valence-electron chi connectivity index (χ1n) is 11.5. The highest BCUT2D eigenvalue weighted by atomic mass is 32.1. The van der Waals surface area contributed by atoms with E-state index in [0.717, 1.165) is 33.9 Å². The van der Waals surface area contributed by atoms with Crippen LogP contribution in [0.3, 0.4) is 0 Å². The van der Waals surface area contributed by atoms with Gasteiger partial charge in [-0.25, -0.2) is 4.98 Å². The van der Waals surface area contributed by atoms with Crippen molar-refractivity contribution in [1.82, 2.24) is 15.2 Å². The highest BCUT2D eigenvalue weighted by Gasteiger charge is 2.54. The maximum Gasteiger partial charge on any atom is 0.274 e. The molecule has 2 fully saturated rings. The Morgan fingerprint density at radius 2 is 2.06 bits per heavy atom. The van der Waals surface area contributed by atoms with E-state index in [0.29, 0.717) is 47.7 Å². The van der Waals surface area contributed by atoms with Gasteiger partial charge in [0.15, 0.2) is 11.5 Å². The third-order valence-corrected chi connectivity index (χ3v) is 8.63. The first-order valence-corrected chi connectivity index (χ1v) is 13.2. The summed E-state index contributed by atoms with van der Waals surface area (Å²) in [7, 11) is 0. The maximum absolute atomic E-state index is 13.8. The van der Waals surface area contributed by atoms with E-state index in [1.807, 2.05) is 24.0 Å². The van der Waals surface area contributed by atoms with Crippen LogP contribution >= 0.6 is 22.7 Å². The van der Waals surface area contributed by atoms with E-state index < -0.39 is 0 Å². The molecule has 0 radical (unpaired) electrons. The number of hydrogen-bond acceptors (Lipinski definition) is 7. The molecule has 34 heavy (non-hydrogen) atoms. The summed E-state index contributed by atoms with van der Waals surface area (Å²) in [6, 6.07) is 8.39. The van der Waals surface area contributed by atoms with E-state index in [2.05, 4.69) is 29.4 Å². The number of rotatable bonds is 5. The van der Waals surface area contributed by atoms with Crippen LogP contribution in [-0.2, 0) is 0 Å². The molecule has 3 aliphatic rings. The molecule has 4 heterocycles. The number of benzene rings is 1. The highest BCUT2D eigenvalue weighted by molar-refractivity contribution is 7.15. The van der Waals surface area contributed by atoms with E-state index >= 15 is 0 Å². The predicted octanol–water partition coefficient (Wildman–Crippen LogP) is 4.29. The number of nitrogens with one attached hydrogen (secondary N) is 1. The Hall–Kier alpha value is -2.91. The number of aromatic nitrogens is 1. The molecule has 1 N–H and O–H groups in total. The fourth-order valence-electron chi connectivity index (χ4n) is 5.04. The Bertz CT molecular complexity index is 1280. The SMILES string of the molecule is Cc1cccc(-c2sc(C)nc2C(=O)N2C(CNC(=O)c3scc4c3OCCO4)CC3C[C@@H]32)c1. The molecule has 1 saturated heterocycles. The van der Waals surface area contributed by atoms with E-state index in [-0.39, 0.29) is 23.9 Å². The van der Waals surface area contributed by atoms with Gasteiger partial charge in [0.2, 0.25) is 0 Å². The molecule has 176 valence electrons. The molecular formula is C25H25N3O4S2. The molecule has 7 nitrogen and oxygen atoms in total. The largest absolute Gasteiger partial charge is 0.485 e. The number of fused-ring (bicyclic) bond motifs is 2. The van der Waals surface area contributed by atoms with Crippen LogP contribution in [0.4, 0.5) is 0 Å². The Labute approximate surface area is 205 Å². The molecular weight excluding hydrogens is 470 g/mol. The molecule has 3 aromatic rings. The van der Waals surface area contributed by atoms with Crippen LogP contribution in [0, 0.1) is 19.8 Å². The molecule has 3 atom stereocenters. The summed E-state index contributed by atoms with van der Waals surface area (Å²) in [5.74, 6) is 1.45. The van der Waals surface area contributed by atoms with E-state index in [1.165, 1.54) is 11.3 Å². The number of thiophene rings is 1. The minimum atomic E-state index is -0.185. The van der Waals surface area contributed by atoms with Crippen LogP contribution in [-0.4, -0.2) is 53.5 Å². The number of ether oxygens (including phenoxy) is 2. The fourth-order valence-corrected chi connectivity index (χ4v) is 6.80. The average Bonchev–Trinajstić information content (AvgIpc) is 3.17. The fraction of sp³-hybridized carbons (Fsp3) is 0.400. The number of aryl methyl sites for hydroxylation is 2. The lowest BCUT2D eigenvalue weighted by molar-refractivity contribution is 0.0684. The zero-order chi connectivity index (χ0) is 23.4. The topological polar surface area (TPSA) is 80.8 Å². The molecule has 1 aliphatic carbocycles. The van der Waals surface area contributed by atoms with Crippen molar-refractivity contribution in [3.05, 3.63) is 50.8 Å². The molecule has 2 aromatic heterocycles. The van der Waals surface area contributed by atoms with Gasteiger partial charge in [0, 0.05) is 18.0 Å². The number of hydrogen-bond donors (Lipinski definition) is 1. The van der Waals surface area contributed by atoms with Gasteiger partial charge in [-0.05, 0) is 38.2 Å². The van der Waals surface area contributed by atoms with Crippen LogP contribution in [0.25, 0.3) is 10.4 Å². The predicted molar refractivity (Wildman–Crippen MR) is 131 cm³/mol. The molecule has 2 amide bonds.